The summed E-state index contributed by atoms with van der Waals surface area (Å²) < 4.78 is 7.61. The first kappa shape index (κ1) is 24.2. The normalized spacial score (nSPS) is 16.8. The number of halogens is 1. The molecule has 0 radical (unpaired) electrons. The lowest BCUT2D eigenvalue weighted by atomic mass is 9.92. The van der Waals surface area contributed by atoms with Crippen LogP contribution in [0.25, 0.3) is 0 Å². The molecule has 7 nitrogen and oxygen atoms in total. The third kappa shape index (κ3) is 8.35. The summed E-state index contributed by atoms with van der Waals surface area (Å²) in [4.78, 5) is 11.6. The number of imidazole rings is 1. The van der Waals surface area contributed by atoms with Gasteiger partial charge in [-0.25, -0.2) is 4.98 Å². The summed E-state index contributed by atoms with van der Waals surface area (Å²) in [5, 5.41) is 6.81. The molecule has 0 aromatic carbocycles. The molecule has 1 fully saturated rings. The number of guanidine groups is 1. The van der Waals surface area contributed by atoms with Crippen LogP contribution in [0, 0.1) is 5.92 Å². The predicted octanol–water partition coefficient (Wildman–Crippen LogP) is 2.19. The largest absolute Gasteiger partial charge is 0.379 e. The van der Waals surface area contributed by atoms with Crippen molar-refractivity contribution in [2.45, 2.75) is 46.2 Å². The van der Waals surface area contributed by atoms with E-state index in [-0.39, 0.29) is 24.0 Å². The Kier molecular flexibility index (Phi) is 12.7. The van der Waals surface area contributed by atoms with Gasteiger partial charge in [0.2, 0.25) is 0 Å². The van der Waals surface area contributed by atoms with E-state index in [4.69, 9.17) is 9.73 Å². The van der Waals surface area contributed by atoms with Crippen molar-refractivity contribution >= 4 is 29.9 Å². The quantitative estimate of drug-likeness (QED) is 0.298. The number of rotatable bonds is 10. The molecule has 1 aliphatic rings. The van der Waals surface area contributed by atoms with Crippen LogP contribution in [0.3, 0.4) is 0 Å². The Hall–Kier alpha value is -0.870. The summed E-state index contributed by atoms with van der Waals surface area (Å²) in [6.45, 7) is 13.8. The van der Waals surface area contributed by atoms with Gasteiger partial charge in [0.15, 0.2) is 5.96 Å². The molecule has 0 spiro atoms. The third-order valence-corrected chi connectivity index (χ3v) is 5.11. The fraction of sp³-hybridized carbons (Fsp3) is 0.789. The summed E-state index contributed by atoms with van der Waals surface area (Å²) in [7, 11) is 0. The van der Waals surface area contributed by atoms with Crippen molar-refractivity contribution in [2.75, 3.05) is 45.9 Å². The molecule has 0 bridgehead atoms. The van der Waals surface area contributed by atoms with Gasteiger partial charge in [-0.05, 0) is 12.8 Å². The first-order valence-corrected chi connectivity index (χ1v) is 10.1. The van der Waals surface area contributed by atoms with Crippen molar-refractivity contribution in [2.24, 2.45) is 10.9 Å². The van der Waals surface area contributed by atoms with Gasteiger partial charge in [-0.2, -0.15) is 0 Å². The maximum absolute atomic E-state index is 5.54. The molecule has 8 heteroatoms. The number of aliphatic imine (C=N–C) groups is 1. The Bertz CT molecular complexity index is 500. The Morgan fingerprint density at radius 2 is 1.93 bits per heavy atom. The van der Waals surface area contributed by atoms with Crippen LogP contribution in [-0.2, 0) is 11.3 Å². The van der Waals surface area contributed by atoms with E-state index in [2.05, 4.69) is 45.9 Å². The minimum atomic E-state index is 0. The van der Waals surface area contributed by atoms with Gasteiger partial charge in [-0.3, -0.25) is 9.89 Å². The van der Waals surface area contributed by atoms with E-state index in [0.29, 0.717) is 12.0 Å². The lowest BCUT2D eigenvalue weighted by molar-refractivity contribution is 0.00395. The SMILES string of the molecule is CCNC(=NCC(C(CC)CC)N1CCOCC1)NCCn1ccnc1.I. The van der Waals surface area contributed by atoms with Crippen molar-refractivity contribution < 1.29 is 4.74 Å². The lowest BCUT2D eigenvalue weighted by Gasteiger charge is -2.38. The van der Waals surface area contributed by atoms with Crippen LogP contribution in [-0.4, -0.2) is 72.4 Å². The van der Waals surface area contributed by atoms with E-state index in [1.807, 2.05) is 18.7 Å². The zero-order valence-electron chi connectivity index (χ0n) is 17.1. The van der Waals surface area contributed by atoms with Crippen LogP contribution in [0.4, 0.5) is 0 Å². The van der Waals surface area contributed by atoms with E-state index in [0.717, 1.165) is 58.4 Å². The van der Waals surface area contributed by atoms with E-state index < -0.39 is 0 Å². The van der Waals surface area contributed by atoms with Crippen LogP contribution in [0.1, 0.15) is 33.6 Å². The van der Waals surface area contributed by atoms with Crippen molar-refractivity contribution in [3.8, 4) is 0 Å². The Labute approximate surface area is 181 Å². The minimum absolute atomic E-state index is 0. The van der Waals surface area contributed by atoms with Crippen molar-refractivity contribution in [3.63, 3.8) is 0 Å². The average molecular weight is 492 g/mol. The number of hydrogen-bond acceptors (Lipinski definition) is 4. The molecule has 1 aromatic heterocycles. The molecule has 2 heterocycles. The topological polar surface area (TPSA) is 66.7 Å². The number of nitrogens with zero attached hydrogens (tertiary/aromatic N) is 4. The molecule has 1 aliphatic heterocycles. The smallest absolute Gasteiger partial charge is 0.191 e. The van der Waals surface area contributed by atoms with Crippen LogP contribution >= 0.6 is 24.0 Å². The highest BCUT2D eigenvalue weighted by molar-refractivity contribution is 14.0. The van der Waals surface area contributed by atoms with Gasteiger partial charge in [0, 0.05) is 51.2 Å². The molecule has 0 amide bonds. The van der Waals surface area contributed by atoms with E-state index in [9.17, 15) is 0 Å². The second kappa shape index (κ2) is 14.2. The fourth-order valence-corrected chi connectivity index (χ4v) is 3.55. The molecular weight excluding hydrogens is 455 g/mol. The molecule has 1 aromatic rings. The molecule has 0 aliphatic carbocycles. The molecule has 1 unspecified atom stereocenters. The van der Waals surface area contributed by atoms with Crippen molar-refractivity contribution in [1.82, 2.24) is 25.1 Å². The second-order valence-corrected chi connectivity index (χ2v) is 6.74. The summed E-state index contributed by atoms with van der Waals surface area (Å²) in [5.74, 6) is 1.57. The van der Waals surface area contributed by atoms with Crippen molar-refractivity contribution in [3.05, 3.63) is 18.7 Å². The average Bonchev–Trinajstić information content (AvgIpc) is 3.19. The highest BCUT2D eigenvalue weighted by atomic mass is 127. The molecule has 1 saturated heterocycles. The Morgan fingerprint density at radius 1 is 1.19 bits per heavy atom. The standard InChI is InChI=1S/C19H36N6O.HI/c1-4-17(5-2)18(25-11-13-26-14-12-25)15-23-19(21-6-3)22-8-10-24-9-7-20-16-24;/h7,9,16-18H,4-6,8,10-15H2,1-3H3,(H2,21,22,23);1H. The summed E-state index contributed by atoms with van der Waals surface area (Å²) >= 11 is 0. The summed E-state index contributed by atoms with van der Waals surface area (Å²) in [5.41, 5.74) is 0. The van der Waals surface area contributed by atoms with Crippen LogP contribution < -0.4 is 10.6 Å². The first-order chi connectivity index (χ1) is 12.8. The predicted molar refractivity (Wildman–Crippen MR) is 122 cm³/mol. The van der Waals surface area contributed by atoms with Gasteiger partial charge in [0.1, 0.15) is 0 Å². The molecule has 27 heavy (non-hydrogen) atoms. The van der Waals surface area contributed by atoms with Crippen LogP contribution in [0.15, 0.2) is 23.7 Å². The van der Waals surface area contributed by atoms with Gasteiger partial charge < -0.3 is 19.9 Å². The van der Waals surface area contributed by atoms with E-state index >= 15 is 0 Å². The number of aromatic nitrogens is 2. The van der Waals surface area contributed by atoms with Crippen LogP contribution in [0.5, 0.6) is 0 Å². The minimum Gasteiger partial charge on any atom is -0.379 e. The lowest BCUT2D eigenvalue weighted by Crippen LogP contribution is -2.49. The molecule has 1 atom stereocenters. The van der Waals surface area contributed by atoms with Gasteiger partial charge in [-0.1, -0.05) is 26.7 Å². The number of ether oxygens (including phenoxy) is 1. The zero-order chi connectivity index (χ0) is 18.6. The Morgan fingerprint density at radius 3 is 2.52 bits per heavy atom. The molecule has 0 saturated carbocycles. The fourth-order valence-electron chi connectivity index (χ4n) is 3.55. The zero-order valence-corrected chi connectivity index (χ0v) is 19.4. The molecular formula is C19H37IN6O. The maximum Gasteiger partial charge on any atom is 0.191 e. The maximum atomic E-state index is 5.54. The summed E-state index contributed by atoms with van der Waals surface area (Å²) in [6, 6.07) is 0.484. The summed E-state index contributed by atoms with van der Waals surface area (Å²) in [6.07, 6.45) is 8.01. The molecule has 156 valence electrons. The van der Waals surface area contributed by atoms with Gasteiger partial charge in [0.05, 0.1) is 26.1 Å². The number of nitrogens with one attached hydrogen (secondary N) is 2. The highest BCUT2D eigenvalue weighted by Gasteiger charge is 2.26. The monoisotopic (exact) mass is 492 g/mol. The van der Waals surface area contributed by atoms with Crippen molar-refractivity contribution in [1.29, 1.82) is 0 Å². The van der Waals surface area contributed by atoms with Crippen LogP contribution in [0.2, 0.25) is 0 Å². The van der Waals surface area contributed by atoms with Gasteiger partial charge in [0.25, 0.3) is 0 Å². The molecule has 2 N–H and O–H groups in total. The molecule has 2 rings (SSSR count). The number of hydrogen-bond donors (Lipinski definition) is 2. The number of morpholine rings is 1. The van der Waals surface area contributed by atoms with E-state index in [1.54, 1.807) is 0 Å². The Balaban J connectivity index is 0.00000364. The highest BCUT2D eigenvalue weighted by Crippen LogP contribution is 2.20. The van der Waals surface area contributed by atoms with E-state index in [1.165, 1.54) is 12.8 Å². The second-order valence-electron chi connectivity index (χ2n) is 6.74. The first-order valence-electron chi connectivity index (χ1n) is 10.1. The van der Waals surface area contributed by atoms with Gasteiger partial charge in [-0.15, -0.1) is 24.0 Å². The third-order valence-electron chi connectivity index (χ3n) is 5.11. The van der Waals surface area contributed by atoms with Gasteiger partial charge >= 0.3 is 0 Å².